The number of carbonyl (C=O) groups excluding carboxylic acids is 1. The van der Waals surface area contributed by atoms with Gasteiger partial charge in [0, 0.05) is 30.4 Å². The lowest BCUT2D eigenvalue weighted by atomic mass is 10.1. The quantitative estimate of drug-likeness (QED) is 0.780. The average molecular weight is 318 g/mol. The van der Waals surface area contributed by atoms with Gasteiger partial charge < -0.3 is 10.3 Å². The number of aromatic nitrogens is 3. The van der Waals surface area contributed by atoms with E-state index in [2.05, 4.69) is 39.3 Å². The van der Waals surface area contributed by atoms with Crippen molar-refractivity contribution in [2.24, 2.45) is 0 Å². The molecule has 0 atom stereocenters. The van der Waals surface area contributed by atoms with E-state index in [0.29, 0.717) is 17.9 Å². The first kappa shape index (κ1) is 14.6. The molecule has 0 bridgehead atoms. The van der Waals surface area contributed by atoms with Gasteiger partial charge in [0.1, 0.15) is 0 Å². The largest absolute Gasteiger partial charge is 0.356 e. The monoisotopic (exact) mass is 318 g/mol. The third-order valence-electron chi connectivity index (χ3n) is 4.33. The zero-order chi connectivity index (χ0) is 16.5. The molecule has 0 radical (unpaired) electrons. The zero-order valence-electron chi connectivity index (χ0n) is 13.5. The highest BCUT2D eigenvalue weighted by Gasteiger charge is 2.20. The number of benzene rings is 1. The molecule has 120 valence electrons. The molecule has 0 spiro atoms. The Labute approximate surface area is 140 Å². The summed E-state index contributed by atoms with van der Waals surface area (Å²) in [5, 5.41) is 2.86. The number of aryl methyl sites for hydroxylation is 1. The van der Waals surface area contributed by atoms with E-state index >= 15 is 0 Å². The molecule has 0 unspecified atom stereocenters. The normalized spacial score (nSPS) is 13.5. The molecule has 5 nitrogen and oxygen atoms in total. The maximum Gasteiger partial charge on any atom is 0.253 e. The van der Waals surface area contributed by atoms with Gasteiger partial charge in [-0.3, -0.25) is 4.79 Å². The molecule has 1 aromatic carbocycles. The molecule has 2 aromatic heterocycles. The smallest absolute Gasteiger partial charge is 0.253 e. The van der Waals surface area contributed by atoms with Gasteiger partial charge >= 0.3 is 0 Å². The van der Waals surface area contributed by atoms with Crippen LogP contribution in [0.15, 0.2) is 42.6 Å². The summed E-state index contributed by atoms with van der Waals surface area (Å²) in [6.07, 6.45) is 3.56. The average Bonchev–Trinajstić information content (AvgIpc) is 3.08. The molecule has 24 heavy (non-hydrogen) atoms. The van der Waals surface area contributed by atoms with Crippen molar-refractivity contribution >= 4 is 5.91 Å². The number of amides is 1. The molecular formula is C19H18N4O. The van der Waals surface area contributed by atoms with Crippen LogP contribution in [0.3, 0.4) is 0 Å². The van der Waals surface area contributed by atoms with Crippen LogP contribution in [-0.4, -0.2) is 27.4 Å². The Morgan fingerprint density at radius 2 is 2.12 bits per heavy atom. The standard InChI is InChI=1S/C19H18N4O/c1-2-12-4-3-5-13(10-12)18-20-8-7-16(23-18)17-11-14-15(22-17)6-9-21-19(14)24/h3-5,7-8,10-11,22H,2,6,9H2,1H3,(H,21,24). The van der Waals surface area contributed by atoms with Crippen molar-refractivity contribution in [3.8, 4) is 22.8 Å². The van der Waals surface area contributed by atoms with E-state index in [0.717, 1.165) is 35.5 Å². The summed E-state index contributed by atoms with van der Waals surface area (Å²) in [5.74, 6) is 0.670. The van der Waals surface area contributed by atoms with Gasteiger partial charge in [0.05, 0.1) is 17.0 Å². The van der Waals surface area contributed by atoms with Crippen LogP contribution in [0.25, 0.3) is 22.8 Å². The molecule has 4 rings (SSSR count). The van der Waals surface area contributed by atoms with Crippen LogP contribution in [0, 0.1) is 0 Å². The molecule has 0 saturated heterocycles. The summed E-state index contributed by atoms with van der Waals surface area (Å²) < 4.78 is 0. The molecule has 0 aliphatic carbocycles. The number of nitrogens with one attached hydrogen (secondary N) is 2. The minimum atomic E-state index is -0.0244. The zero-order valence-corrected chi connectivity index (χ0v) is 13.5. The first-order valence-corrected chi connectivity index (χ1v) is 8.17. The summed E-state index contributed by atoms with van der Waals surface area (Å²) >= 11 is 0. The minimum absolute atomic E-state index is 0.0244. The molecule has 3 aromatic rings. The van der Waals surface area contributed by atoms with Crippen LogP contribution in [0.4, 0.5) is 0 Å². The Balaban J connectivity index is 1.74. The van der Waals surface area contributed by atoms with E-state index in [9.17, 15) is 4.79 Å². The fourth-order valence-electron chi connectivity index (χ4n) is 3.01. The second-order valence-electron chi connectivity index (χ2n) is 5.90. The van der Waals surface area contributed by atoms with Crippen LogP contribution in [0.5, 0.6) is 0 Å². The number of aromatic amines is 1. The molecule has 1 amide bonds. The molecule has 0 fully saturated rings. The summed E-state index contributed by atoms with van der Waals surface area (Å²) in [7, 11) is 0. The summed E-state index contributed by atoms with van der Waals surface area (Å²) in [6.45, 7) is 2.80. The van der Waals surface area contributed by atoms with E-state index in [1.165, 1.54) is 5.56 Å². The van der Waals surface area contributed by atoms with Crippen LogP contribution in [-0.2, 0) is 12.8 Å². The van der Waals surface area contributed by atoms with Crippen molar-refractivity contribution in [2.45, 2.75) is 19.8 Å². The van der Waals surface area contributed by atoms with Crippen LogP contribution in [0.2, 0.25) is 0 Å². The van der Waals surface area contributed by atoms with E-state index in [4.69, 9.17) is 0 Å². The topological polar surface area (TPSA) is 70.7 Å². The lowest BCUT2D eigenvalue weighted by Crippen LogP contribution is -2.31. The molecule has 1 aliphatic rings. The highest BCUT2D eigenvalue weighted by atomic mass is 16.1. The summed E-state index contributed by atoms with van der Waals surface area (Å²) in [5.41, 5.74) is 5.60. The Bertz CT molecular complexity index is 913. The van der Waals surface area contributed by atoms with Gasteiger partial charge in [-0.15, -0.1) is 0 Å². The molecular weight excluding hydrogens is 300 g/mol. The maximum atomic E-state index is 11.9. The highest BCUT2D eigenvalue weighted by Crippen LogP contribution is 2.24. The Hall–Kier alpha value is -2.95. The van der Waals surface area contributed by atoms with Gasteiger partial charge in [-0.2, -0.15) is 0 Å². The van der Waals surface area contributed by atoms with Crippen LogP contribution >= 0.6 is 0 Å². The lowest BCUT2D eigenvalue weighted by molar-refractivity contribution is 0.0946. The van der Waals surface area contributed by atoms with E-state index in [1.54, 1.807) is 6.20 Å². The molecule has 2 N–H and O–H groups in total. The second-order valence-corrected chi connectivity index (χ2v) is 5.90. The van der Waals surface area contributed by atoms with Crippen molar-refractivity contribution in [1.29, 1.82) is 0 Å². The third kappa shape index (κ3) is 2.58. The highest BCUT2D eigenvalue weighted by molar-refractivity contribution is 5.97. The predicted octanol–water partition coefficient (Wildman–Crippen LogP) is 2.99. The van der Waals surface area contributed by atoms with Crippen molar-refractivity contribution in [1.82, 2.24) is 20.3 Å². The molecule has 0 saturated carbocycles. The Morgan fingerprint density at radius 3 is 2.96 bits per heavy atom. The number of hydrogen-bond acceptors (Lipinski definition) is 3. The number of carbonyl (C=O) groups is 1. The maximum absolute atomic E-state index is 11.9. The SMILES string of the molecule is CCc1cccc(-c2nccc(-c3cc4c([nH]3)CCNC4=O)n2)c1. The predicted molar refractivity (Wildman–Crippen MR) is 92.7 cm³/mol. The number of hydrogen-bond donors (Lipinski definition) is 2. The fourth-order valence-corrected chi connectivity index (χ4v) is 3.01. The molecule has 1 aliphatic heterocycles. The Kier molecular flexibility index (Phi) is 3.61. The minimum Gasteiger partial charge on any atom is -0.356 e. The number of H-pyrrole nitrogens is 1. The first-order chi connectivity index (χ1) is 11.7. The van der Waals surface area contributed by atoms with Gasteiger partial charge in [0.15, 0.2) is 5.82 Å². The summed E-state index contributed by atoms with van der Waals surface area (Å²) in [6, 6.07) is 12.0. The van der Waals surface area contributed by atoms with Crippen LogP contribution < -0.4 is 5.32 Å². The van der Waals surface area contributed by atoms with Crippen molar-refractivity contribution in [2.75, 3.05) is 6.54 Å². The van der Waals surface area contributed by atoms with E-state index in [1.807, 2.05) is 24.3 Å². The van der Waals surface area contributed by atoms with Gasteiger partial charge in [-0.25, -0.2) is 9.97 Å². The molecule has 5 heteroatoms. The van der Waals surface area contributed by atoms with E-state index < -0.39 is 0 Å². The van der Waals surface area contributed by atoms with Crippen LogP contribution in [0.1, 0.15) is 28.5 Å². The number of rotatable bonds is 3. The van der Waals surface area contributed by atoms with Gasteiger partial charge in [-0.05, 0) is 30.2 Å². The fraction of sp³-hybridized carbons (Fsp3) is 0.211. The van der Waals surface area contributed by atoms with Crippen molar-refractivity contribution in [3.05, 3.63) is 59.4 Å². The van der Waals surface area contributed by atoms with Gasteiger partial charge in [0.25, 0.3) is 5.91 Å². The lowest BCUT2D eigenvalue weighted by Gasteiger charge is -2.10. The third-order valence-corrected chi connectivity index (χ3v) is 4.33. The second kappa shape index (κ2) is 5.92. The Morgan fingerprint density at radius 1 is 1.21 bits per heavy atom. The summed E-state index contributed by atoms with van der Waals surface area (Å²) in [4.78, 5) is 24.3. The number of fused-ring (bicyclic) bond motifs is 1. The van der Waals surface area contributed by atoms with Gasteiger partial charge in [0.2, 0.25) is 0 Å². The first-order valence-electron chi connectivity index (χ1n) is 8.17. The van der Waals surface area contributed by atoms with Crippen molar-refractivity contribution < 1.29 is 4.79 Å². The van der Waals surface area contributed by atoms with Crippen molar-refractivity contribution in [3.63, 3.8) is 0 Å². The van der Waals surface area contributed by atoms with Gasteiger partial charge in [-0.1, -0.05) is 25.1 Å². The van der Waals surface area contributed by atoms with E-state index in [-0.39, 0.29) is 5.91 Å². The molecule has 3 heterocycles. The number of nitrogens with zero attached hydrogens (tertiary/aromatic N) is 2.